The Morgan fingerprint density at radius 3 is 2.57 bits per heavy atom. The third-order valence-corrected chi connectivity index (χ3v) is 4.20. The van der Waals surface area contributed by atoms with Crippen LogP contribution in [0.4, 0.5) is 17.6 Å². The summed E-state index contributed by atoms with van der Waals surface area (Å²) in [6, 6.07) is 12.5. The second-order valence-electron chi connectivity index (χ2n) is 6.85. The molecule has 3 rings (SSSR count). The lowest BCUT2D eigenvalue weighted by Gasteiger charge is -2.31. The van der Waals surface area contributed by atoms with E-state index in [-0.39, 0.29) is 17.7 Å². The average molecular weight is 391 g/mol. The van der Waals surface area contributed by atoms with Crippen LogP contribution in [0.5, 0.6) is 0 Å². The molecule has 0 bridgehead atoms. The molecule has 146 valence electrons. The van der Waals surface area contributed by atoms with Crippen LogP contribution in [0.15, 0.2) is 54.7 Å². The van der Waals surface area contributed by atoms with Crippen LogP contribution in [-0.4, -0.2) is 27.6 Å². The van der Waals surface area contributed by atoms with Gasteiger partial charge in [0.1, 0.15) is 0 Å². The number of amides is 1. The fourth-order valence-electron chi connectivity index (χ4n) is 3.08. The zero-order chi connectivity index (χ0) is 20.4. The second-order valence-corrected chi connectivity index (χ2v) is 6.85. The maximum absolute atomic E-state index is 13.3. The van der Waals surface area contributed by atoms with E-state index in [1.165, 1.54) is 25.3 Å². The first-order chi connectivity index (χ1) is 13.1. The van der Waals surface area contributed by atoms with Gasteiger partial charge in [-0.3, -0.25) is 9.78 Å². The van der Waals surface area contributed by atoms with E-state index in [1.54, 1.807) is 30.3 Å². The molecule has 0 aliphatic heterocycles. The summed E-state index contributed by atoms with van der Waals surface area (Å²) in [6.45, 7) is 1.26. The van der Waals surface area contributed by atoms with Gasteiger partial charge in [0.2, 0.25) is 5.95 Å². The number of hydrogen-bond donors (Lipinski definition) is 1. The lowest BCUT2D eigenvalue weighted by atomic mass is 9.90. The molecule has 3 aromatic rings. The summed E-state index contributed by atoms with van der Waals surface area (Å²) >= 11 is 0. The van der Waals surface area contributed by atoms with E-state index >= 15 is 0 Å². The minimum Gasteiger partial charge on any atom is -0.346 e. The fourth-order valence-corrected chi connectivity index (χ4v) is 3.08. The number of halogens is 4. The standard InChI is InChI=1S/C20H17F4N3O/c1-19(12-20(22,23)24,10-15-6-4-8-17(21)26-15)27-18(28)14-9-13-5-2-3-7-16(13)25-11-14/h2-9,11H,10,12H2,1H3,(H,27,28). The maximum Gasteiger partial charge on any atom is 0.391 e. The van der Waals surface area contributed by atoms with E-state index in [9.17, 15) is 22.4 Å². The van der Waals surface area contributed by atoms with Crippen molar-refractivity contribution in [3.8, 4) is 0 Å². The van der Waals surface area contributed by atoms with Crippen molar-refractivity contribution in [3.05, 3.63) is 71.9 Å². The normalized spacial score (nSPS) is 13.9. The van der Waals surface area contributed by atoms with E-state index in [1.807, 2.05) is 0 Å². The Morgan fingerprint density at radius 2 is 1.86 bits per heavy atom. The number of carbonyl (C=O) groups is 1. The van der Waals surface area contributed by atoms with E-state index in [2.05, 4.69) is 15.3 Å². The van der Waals surface area contributed by atoms with E-state index in [0.29, 0.717) is 10.9 Å². The smallest absolute Gasteiger partial charge is 0.346 e. The molecule has 0 saturated carbocycles. The summed E-state index contributed by atoms with van der Waals surface area (Å²) < 4.78 is 52.7. The van der Waals surface area contributed by atoms with Crippen LogP contribution in [-0.2, 0) is 6.42 Å². The SMILES string of the molecule is CC(Cc1cccc(F)n1)(CC(F)(F)F)NC(=O)c1cnc2ccccc2c1. The van der Waals surface area contributed by atoms with Crippen LogP contribution >= 0.6 is 0 Å². The van der Waals surface area contributed by atoms with Crippen LogP contribution in [0.25, 0.3) is 10.9 Å². The Labute approximate surface area is 158 Å². The van der Waals surface area contributed by atoms with Crippen molar-refractivity contribution >= 4 is 16.8 Å². The molecule has 2 aromatic heterocycles. The van der Waals surface area contributed by atoms with E-state index in [0.717, 1.165) is 6.07 Å². The van der Waals surface area contributed by atoms with Crippen molar-refractivity contribution < 1.29 is 22.4 Å². The van der Waals surface area contributed by atoms with Gasteiger partial charge in [-0.25, -0.2) is 4.98 Å². The highest BCUT2D eigenvalue weighted by atomic mass is 19.4. The lowest BCUT2D eigenvalue weighted by Crippen LogP contribution is -2.50. The first-order valence-electron chi connectivity index (χ1n) is 8.49. The lowest BCUT2D eigenvalue weighted by molar-refractivity contribution is -0.147. The molecule has 0 saturated heterocycles. The van der Waals surface area contributed by atoms with Crippen molar-refractivity contribution in [1.29, 1.82) is 0 Å². The highest BCUT2D eigenvalue weighted by Crippen LogP contribution is 2.30. The first-order valence-corrected chi connectivity index (χ1v) is 8.49. The number of pyridine rings is 2. The molecular weight excluding hydrogens is 374 g/mol. The van der Waals surface area contributed by atoms with Crippen LogP contribution in [0, 0.1) is 5.95 Å². The van der Waals surface area contributed by atoms with Gasteiger partial charge in [0, 0.05) is 23.7 Å². The van der Waals surface area contributed by atoms with Gasteiger partial charge in [-0.1, -0.05) is 24.3 Å². The molecule has 4 nitrogen and oxygen atoms in total. The zero-order valence-electron chi connectivity index (χ0n) is 14.9. The van der Waals surface area contributed by atoms with Crippen LogP contribution in [0.3, 0.4) is 0 Å². The number of fused-ring (bicyclic) bond motifs is 1. The molecule has 0 spiro atoms. The molecule has 2 heterocycles. The first kappa shape index (κ1) is 19.7. The van der Waals surface area contributed by atoms with E-state index in [4.69, 9.17) is 0 Å². The topological polar surface area (TPSA) is 54.9 Å². The molecule has 0 aliphatic carbocycles. The van der Waals surface area contributed by atoms with Gasteiger partial charge in [-0.05, 0) is 31.2 Å². The van der Waals surface area contributed by atoms with Crippen molar-refractivity contribution in [1.82, 2.24) is 15.3 Å². The molecule has 1 atom stereocenters. The van der Waals surface area contributed by atoms with Gasteiger partial charge in [0.15, 0.2) is 0 Å². The van der Waals surface area contributed by atoms with Crippen molar-refractivity contribution in [2.45, 2.75) is 31.5 Å². The Kier molecular flexibility index (Phi) is 5.31. The quantitative estimate of drug-likeness (QED) is 0.516. The number of hydrogen-bond acceptors (Lipinski definition) is 3. The second kappa shape index (κ2) is 7.53. The number of para-hydroxylation sites is 1. The van der Waals surface area contributed by atoms with Crippen LogP contribution in [0.2, 0.25) is 0 Å². The third-order valence-electron chi connectivity index (χ3n) is 4.20. The Hall–Kier alpha value is -3.03. The average Bonchev–Trinajstić information content (AvgIpc) is 2.59. The van der Waals surface area contributed by atoms with Crippen LogP contribution < -0.4 is 5.32 Å². The largest absolute Gasteiger partial charge is 0.391 e. The molecule has 1 N–H and O–H groups in total. The van der Waals surface area contributed by atoms with Gasteiger partial charge < -0.3 is 5.32 Å². The fraction of sp³-hybridized carbons (Fsp3) is 0.250. The van der Waals surface area contributed by atoms with Gasteiger partial charge in [-0.2, -0.15) is 17.6 Å². The molecule has 28 heavy (non-hydrogen) atoms. The number of carbonyl (C=O) groups excluding carboxylic acids is 1. The minimum absolute atomic E-state index is 0.115. The number of nitrogens with one attached hydrogen (secondary N) is 1. The van der Waals surface area contributed by atoms with Crippen molar-refractivity contribution in [3.63, 3.8) is 0 Å². The predicted molar refractivity (Wildman–Crippen MR) is 96.2 cm³/mol. The maximum atomic E-state index is 13.3. The molecule has 0 aliphatic rings. The van der Waals surface area contributed by atoms with Gasteiger partial charge in [0.05, 0.1) is 23.0 Å². The van der Waals surface area contributed by atoms with Gasteiger partial charge in [0.25, 0.3) is 5.91 Å². The summed E-state index contributed by atoms with van der Waals surface area (Å²) in [5.74, 6) is -1.49. The summed E-state index contributed by atoms with van der Waals surface area (Å²) in [5.41, 5.74) is -0.786. The third kappa shape index (κ3) is 5.03. The Bertz CT molecular complexity index is 1010. The Morgan fingerprint density at radius 1 is 1.11 bits per heavy atom. The van der Waals surface area contributed by atoms with Gasteiger partial charge >= 0.3 is 6.18 Å². The molecule has 0 fully saturated rings. The predicted octanol–water partition coefficient (Wildman–Crippen LogP) is 4.45. The number of alkyl halides is 3. The summed E-state index contributed by atoms with van der Waals surface area (Å²) in [5, 5.41) is 3.13. The molecule has 1 unspecified atom stereocenters. The monoisotopic (exact) mass is 391 g/mol. The molecular formula is C20H17F4N3O. The Balaban J connectivity index is 1.87. The number of aromatic nitrogens is 2. The molecule has 0 radical (unpaired) electrons. The number of rotatable bonds is 5. The van der Waals surface area contributed by atoms with Crippen LogP contribution in [0.1, 0.15) is 29.4 Å². The molecule has 1 amide bonds. The number of nitrogens with zero attached hydrogens (tertiary/aromatic N) is 2. The number of benzene rings is 1. The summed E-state index contributed by atoms with van der Waals surface area (Å²) in [4.78, 5) is 20.4. The molecule has 1 aromatic carbocycles. The summed E-state index contributed by atoms with van der Waals surface area (Å²) in [7, 11) is 0. The van der Waals surface area contributed by atoms with Gasteiger partial charge in [-0.15, -0.1) is 0 Å². The van der Waals surface area contributed by atoms with Crippen molar-refractivity contribution in [2.75, 3.05) is 0 Å². The minimum atomic E-state index is -4.53. The summed E-state index contributed by atoms with van der Waals surface area (Å²) in [6.07, 6.45) is -4.79. The molecule has 8 heteroatoms. The van der Waals surface area contributed by atoms with E-state index < -0.39 is 30.0 Å². The van der Waals surface area contributed by atoms with Crippen molar-refractivity contribution in [2.24, 2.45) is 0 Å². The zero-order valence-corrected chi connectivity index (χ0v) is 14.9. The highest BCUT2D eigenvalue weighted by molar-refractivity contribution is 5.97. The highest BCUT2D eigenvalue weighted by Gasteiger charge is 2.41.